The van der Waals surface area contributed by atoms with E-state index in [4.69, 9.17) is 11.6 Å². The van der Waals surface area contributed by atoms with E-state index in [0.717, 1.165) is 0 Å². The summed E-state index contributed by atoms with van der Waals surface area (Å²) < 4.78 is 13.4. The zero-order valence-corrected chi connectivity index (χ0v) is 12.3. The number of nitrogens with zero attached hydrogens (tertiary/aromatic N) is 1. The smallest absolute Gasteiger partial charge is 0.250 e. The highest BCUT2D eigenvalue weighted by Gasteiger charge is 2.41. The van der Waals surface area contributed by atoms with E-state index in [1.807, 2.05) is 20.8 Å². The second-order valence-corrected chi connectivity index (χ2v) is 6.29. The molecule has 1 aliphatic heterocycles. The van der Waals surface area contributed by atoms with Gasteiger partial charge in [0.1, 0.15) is 18.4 Å². The van der Waals surface area contributed by atoms with Crippen LogP contribution in [-0.2, 0) is 9.59 Å². The molecule has 0 aliphatic carbocycles. The topological polar surface area (TPSA) is 49.4 Å². The molecular formula is C14H16ClFN2O2. The van der Waals surface area contributed by atoms with Crippen molar-refractivity contribution in [2.45, 2.75) is 26.8 Å². The van der Waals surface area contributed by atoms with Gasteiger partial charge in [0.25, 0.3) is 5.91 Å². The number of halogens is 2. The minimum Gasteiger partial charge on any atom is -0.342 e. The summed E-state index contributed by atoms with van der Waals surface area (Å²) in [6.07, 6.45) is 0. The molecule has 0 spiro atoms. The lowest BCUT2D eigenvalue weighted by Crippen LogP contribution is -2.62. The van der Waals surface area contributed by atoms with Crippen LogP contribution in [0.4, 0.5) is 10.1 Å². The summed E-state index contributed by atoms with van der Waals surface area (Å²) in [6.45, 7) is 5.40. The molecular weight excluding hydrogens is 283 g/mol. The highest BCUT2D eigenvalue weighted by atomic mass is 35.5. The number of carbonyl (C=O) groups excluding carboxylic acids is 2. The lowest BCUT2D eigenvalue weighted by atomic mass is 9.84. The van der Waals surface area contributed by atoms with Gasteiger partial charge in [-0.3, -0.25) is 14.5 Å². The Bertz CT molecular complexity index is 569. The summed E-state index contributed by atoms with van der Waals surface area (Å²) in [6, 6.07) is 3.08. The molecule has 0 saturated carbocycles. The third-order valence-corrected chi connectivity index (χ3v) is 3.50. The summed E-state index contributed by atoms with van der Waals surface area (Å²) in [5.41, 5.74) is -0.216. The number of hydrogen-bond acceptors (Lipinski definition) is 2. The predicted octanol–water partition coefficient (Wildman–Crippen LogP) is 2.36. The average molecular weight is 299 g/mol. The molecule has 1 aliphatic rings. The monoisotopic (exact) mass is 298 g/mol. The fourth-order valence-corrected chi connectivity index (χ4v) is 2.35. The van der Waals surface area contributed by atoms with Crippen LogP contribution in [0, 0.1) is 11.2 Å². The minimum atomic E-state index is -0.664. The maximum atomic E-state index is 13.4. The van der Waals surface area contributed by atoms with Crippen LogP contribution in [0.3, 0.4) is 0 Å². The summed E-state index contributed by atoms with van der Waals surface area (Å²) in [7, 11) is 0. The molecule has 4 nitrogen and oxygen atoms in total. The van der Waals surface area contributed by atoms with Gasteiger partial charge in [-0.15, -0.1) is 0 Å². The second kappa shape index (κ2) is 5.05. The van der Waals surface area contributed by atoms with Gasteiger partial charge < -0.3 is 5.32 Å². The van der Waals surface area contributed by atoms with Crippen LogP contribution in [0.5, 0.6) is 0 Å². The molecule has 1 saturated heterocycles. The predicted molar refractivity (Wildman–Crippen MR) is 75.1 cm³/mol. The fourth-order valence-electron chi connectivity index (χ4n) is 2.13. The van der Waals surface area contributed by atoms with E-state index in [0.29, 0.717) is 0 Å². The number of anilines is 1. The summed E-state index contributed by atoms with van der Waals surface area (Å²) in [4.78, 5) is 25.6. The maximum Gasteiger partial charge on any atom is 0.250 e. The molecule has 0 radical (unpaired) electrons. The molecule has 1 N–H and O–H groups in total. The number of carbonyl (C=O) groups is 2. The van der Waals surface area contributed by atoms with E-state index < -0.39 is 17.3 Å². The Labute approximate surface area is 121 Å². The molecule has 0 bridgehead atoms. The molecule has 108 valence electrons. The van der Waals surface area contributed by atoms with E-state index in [-0.39, 0.29) is 29.1 Å². The average Bonchev–Trinajstić information content (AvgIpc) is 2.33. The first-order chi connectivity index (χ1) is 9.20. The Morgan fingerprint density at radius 2 is 2.00 bits per heavy atom. The number of nitrogens with one attached hydrogen (secondary N) is 1. The van der Waals surface area contributed by atoms with Crippen molar-refractivity contribution in [3.8, 4) is 0 Å². The molecule has 2 amide bonds. The van der Waals surface area contributed by atoms with Gasteiger partial charge in [0.15, 0.2) is 0 Å². The van der Waals surface area contributed by atoms with Crippen molar-refractivity contribution in [2.75, 3.05) is 11.4 Å². The number of benzene rings is 1. The molecule has 0 aromatic heterocycles. The first kappa shape index (κ1) is 14.8. The van der Waals surface area contributed by atoms with Crippen LogP contribution in [0.1, 0.15) is 20.8 Å². The Kier molecular flexibility index (Phi) is 3.73. The standard InChI is InChI=1S/C14H16ClFN2O2/c1-14(2,3)12-13(20)18(7-11(19)17-12)10-6-8(16)4-5-9(10)15/h4-6,12H,7H2,1-3H3,(H,17,19). The second-order valence-electron chi connectivity index (χ2n) is 5.89. The Morgan fingerprint density at radius 1 is 1.35 bits per heavy atom. The molecule has 1 heterocycles. The van der Waals surface area contributed by atoms with Crippen LogP contribution < -0.4 is 10.2 Å². The highest BCUT2D eigenvalue weighted by Crippen LogP contribution is 2.31. The maximum absolute atomic E-state index is 13.4. The van der Waals surface area contributed by atoms with Crippen LogP contribution in [0.25, 0.3) is 0 Å². The van der Waals surface area contributed by atoms with E-state index in [2.05, 4.69) is 5.32 Å². The van der Waals surface area contributed by atoms with Crippen LogP contribution in [0.2, 0.25) is 5.02 Å². The van der Waals surface area contributed by atoms with Gasteiger partial charge in [0, 0.05) is 0 Å². The fraction of sp³-hybridized carbons (Fsp3) is 0.429. The molecule has 6 heteroatoms. The number of amides is 2. The minimum absolute atomic E-state index is 0.158. The lowest BCUT2D eigenvalue weighted by Gasteiger charge is -2.39. The molecule has 20 heavy (non-hydrogen) atoms. The Morgan fingerprint density at radius 3 is 2.60 bits per heavy atom. The van der Waals surface area contributed by atoms with E-state index in [9.17, 15) is 14.0 Å². The van der Waals surface area contributed by atoms with Gasteiger partial charge in [-0.25, -0.2) is 4.39 Å². The Balaban J connectivity index is 2.43. The zero-order chi connectivity index (χ0) is 15.1. The molecule has 2 rings (SSSR count). The van der Waals surface area contributed by atoms with Gasteiger partial charge in [-0.2, -0.15) is 0 Å². The van der Waals surface area contributed by atoms with Crippen molar-refractivity contribution in [1.29, 1.82) is 0 Å². The molecule has 1 fully saturated rings. The van der Waals surface area contributed by atoms with Gasteiger partial charge in [-0.05, 0) is 23.6 Å². The zero-order valence-electron chi connectivity index (χ0n) is 11.5. The number of piperazine rings is 1. The molecule has 1 aromatic carbocycles. The van der Waals surface area contributed by atoms with Gasteiger partial charge in [0.2, 0.25) is 5.91 Å². The molecule has 1 atom stereocenters. The van der Waals surface area contributed by atoms with Crippen LogP contribution >= 0.6 is 11.6 Å². The SMILES string of the molecule is CC(C)(C)C1NC(=O)CN(c2cc(F)ccc2Cl)C1=O. The van der Waals surface area contributed by atoms with E-state index in [1.54, 1.807) is 0 Å². The number of hydrogen-bond donors (Lipinski definition) is 1. The first-order valence-electron chi connectivity index (χ1n) is 6.26. The summed E-state index contributed by atoms with van der Waals surface area (Å²) in [5, 5.41) is 2.91. The third-order valence-electron chi connectivity index (χ3n) is 3.19. The lowest BCUT2D eigenvalue weighted by molar-refractivity contribution is -0.133. The van der Waals surface area contributed by atoms with E-state index in [1.165, 1.54) is 23.1 Å². The van der Waals surface area contributed by atoms with Gasteiger partial charge in [-0.1, -0.05) is 32.4 Å². The van der Waals surface area contributed by atoms with Crippen molar-refractivity contribution in [1.82, 2.24) is 5.32 Å². The van der Waals surface area contributed by atoms with Crippen molar-refractivity contribution in [3.05, 3.63) is 29.0 Å². The molecule has 1 aromatic rings. The quantitative estimate of drug-likeness (QED) is 0.865. The van der Waals surface area contributed by atoms with Crippen molar-refractivity contribution in [2.24, 2.45) is 5.41 Å². The summed E-state index contributed by atoms with van der Waals surface area (Å²) >= 11 is 6.01. The van der Waals surface area contributed by atoms with Gasteiger partial charge in [0.05, 0.1) is 10.7 Å². The molecule has 1 unspecified atom stereocenters. The van der Waals surface area contributed by atoms with Crippen LogP contribution in [-0.4, -0.2) is 24.4 Å². The normalized spacial score (nSPS) is 20.1. The third kappa shape index (κ3) is 2.77. The summed E-state index contributed by atoms with van der Waals surface area (Å²) in [5.74, 6) is -1.08. The van der Waals surface area contributed by atoms with Gasteiger partial charge >= 0.3 is 0 Å². The Hall–Kier alpha value is -1.62. The highest BCUT2D eigenvalue weighted by molar-refractivity contribution is 6.34. The number of rotatable bonds is 1. The van der Waals surface area contributed by atoms with Crippen molar-refractivity contribution < 1.29 is 14.0 Å². The van der Waals surface area contributed by atoms with E-state index >= 15 is 0 Å². The van der Waals surface area contributed by atoms with Crippen molar-refractivity contribution in [3.63, 3.8) is 0 Å². The van der Waals surface area contributed by atoms with Crippen molar-refractivity contribution >= 4 is 29.1 Å². The first-order valence-corrected chi connectivity index (χ1v) is 6.64. The van der Waals surface area contributed by atoms with Crippen LogP contribution in [0.15, 0.2) is 18.2 Å². The largest absolute Gasteiger partial charge is 0.342 e.